The van der Waals surface area contributed by atoms with Crippen molar-refractivity contribution < 1.29 is 4.79 Å². The molecule has 0 unspecified atom stereocenters. The Bertz CT molecular complexity index is 755. The topological polar surface area (TPSA) is 49.3 Å². The van der Waals surface area contributed by atoms with Gasteiger partial charge >= 0.3 is 0 Å². The maximum absolute atomic E-state index is 12.8. The molecule has 0 N–H and O–H groups in total. The predicted molar refractivity (Wildman–Crippen MR) is 90.7 cm³/mol. The average molecular weight is 310 g/mol. The summed E-state index contributed by atoms with van der Waals surface area (Å²) in [5, 5.41) is 0. The monoisotopic (exact) mass is 310 g/mol. The number of benzene rings is 1. The van der Waals surface area contributed by atoms with Gasteiger partial charge in [0.2, 0.25) is 0 Å². The van der Waals surface area contributed by atoms with Crippen LogP contribution < -0.4 is 4.90 Å². The van der Waals surface area contributed by atoms with Crippen LogP contribution >= 0.6 is 0 Å². The van der Waals surface area contributed by atoms with Crippen molar-refractivity contribution in [1.82, 2.24) is 14.9 Å². The Morgan fingerprint density at radius 3 is 2.61 bits per heavy atom. The van der Waals surface area contributed by atoms with Crippen LogP contribution in [0.4, 0.5) is 5.82 Å². The van der Waals surface area contributed by atoms with Gasteiger partial charge in [-0.1, -0.05) is 18.2 Å². The molecule has 0 saturated carbocycles. The molecule has 1 aliphatic heterocycles. The Morgan fingerprint density at radius 1 is 1.17 bits per heavy atom. The maximum Gasteiger partial charge on any atom is 0.254 e. The summed E-state index contributed by atoms with van der Waals surface area (Å²) in [6.45, 7) is 5.15. The highest BCUT2D eigenvalue weighted by Gasteiger charge is 2.26. The Kier molecular flexibility index (Phi) is 4.03. The molecular formula is C18H22N4O. The molecule has 0 fully saturated rings. The zero-order valence-corrected chi connectivity index (χ0v) is 14.1. The minimum atomic E-state index is 0.0824. The molecular weight excluding hydrogens is 288 g/mol. The first-order valence-electron chi connectivity index (χ1n) is 7.86. The predicted octanol–water partition coefficient (Wildman–Crippen LogP) is 2.36. The number of aryl methyl sites for hydroxylation is 2. The third-order valence-corrected chi connectivity index (χ3v) is 4.24. The van der Waals surface area contributed by atoms with Gasteiger partial charge in [0.25, 0.3) is 5.91 Å². The van der Waals surface area contributed by atoms with Crippen LogP contribution in [0.2, 0.25) is 0 Å². The number of rotatable bonds is 2. The molecule has 0 atom stereocenters. The Morgan fingerprint density at radius 2 is 1.91 bits per heavy atom. The third-order valence-electron chi connectivity index (χ3n) is 4.24. The number of hydrogen-bond acceptors (Lipinski definition) is 4. The quantitative estimate of drug-likeness (QED) is 0.854. The van der Waals surface area contributed by atoms with E-state index in [1.54, 1.807) is 0 Å². The van der Waals surface area contributed by atoms with Gasteiger partial charge in [0.1, 0.15) is 11.6 Å². The molecule has 1 aromatic heterocycles. The highest BCUT2D eigenvalue weighted by atomic mass is 16.2. The van der Waals surface area contributed by atoms with E-state index >= 15 is 0 Å². The second kappa shape index (κ2) is 5.99. The molecule has 5 nitrogen and oxygen atoms in total. The van der Waals surface area contributed by atoms with Crippen molar-refractivity contribution in [1.29, 1.82) is 0 Å². The molecule has 23 heavy (non-hydrogen) atoms. The molecule has 5 heteroatoms. The van der Waals surface area contributed by atoms with Gasteiger partial charge in [-0.25, -0.2) is 9.97 Å². The second-order valence-electron chi connectivity index (χ2n) is 6.21. The summed E-state index contributed by atoms with van der Waals surface area (Å²) in [6.07, 6.45) is 0.775. The number of amides is 1. The zero-order chi connectivity index (χ0) is 16.6. The van der Waals surface area contributed by atoms with Crippen molar-refractivity contribution in [3.05, 3.63) is 52.5 Å². The van der Waals surface area contributed by atoms with Gasteiger partial charge in [0, 0.05) is 38.2 Å². The average Bonchev–Trinajstić information content (AvgIpc) is 2.53. The van der Waals surface area contributed by atoms with E-state index in [0.29, 0.717) is 13.1 Å². The number of anilines is 1. The van der Waals surface area contributed by atoms with Crippen molar-refractivity contribution in [3.8, 4) is 0 Å². The largest absolute Gasteiger partial charge is 0.362 e. The van der Waals surface area contributed by atoms with E-state index in [0.717, 1.165) is 40.4 Å². The molecule has 1 aromatic carbocycles. The van der Waals surface area contributed by atoms with Crippen LogP contribution in [-0.2, 0) is 13.0 Å². The van der Waals surface area contributed by atoms with Crippen molar-refractivity contribution in [2.24, 2.45) is 0 Å². The fourth-order valence-electron chi connectivity index (χ4n) is 3.04. The molecule has 120 valence electrons. The van der Waals surface area contributed by atoms with Gasteiger partial charge in [-0.15, -0.1) is 0 Å². The standard InChI is InChI=1S/C18H22N4O/c1-12-7-5-6-8-14(12)18(23)22-10-9-16-15(11-22)17(21(3)4)20-13(2)19-16/h5-8H,9-11H2,1-4H3. The normalized spacial score (nSPS) is 13.7. The van der Waals surface area contributed by atoms with Crippen LogP contribution in [0.15, 0.2) is 24.3 Å². The lowest BCUT2D eigenvalue weighted by molar-refractivity contribution is 0.0733. The van der Waals surface area contributed by atoms with Crippen molar-refractivity contribution in [3.63, 3.8) is 0 Å². The van der Waals surface area contributed by atoms with Crippen molar-refractivity contribution in [2.45, 2.75) is 26.8 Å². The summed E-state index contributed by atoms with van der Waals surface area (Å²) in [7, 11) is 3.95. The van der Waals surface area contributed by atoms with Crippen LogP contribution in [0.5, 0.6) is 0 Å². The number of carbonyl (C=O) groups is 1. The van der Waals surface area contributed by atoms with Crippen LogP contribution in [0.3, 0.4) is 0 Å². The van der Waals surface area contributed by atoms with Gasteiger partial charge in [-0.3, -0.25) is 4.79 Å². The van der Waals surface area contributed by atoms with E-state index in [9.17, 15) is 4.79 Å². The first-order valence-corrected chi connectivity index (χ1v) is 7.86. The van der Waals surface area contributed by atoms with Gasteiger partial charge in [-0.2, -0.15) is 0 Å². The SMILES string of the molecule is Cc1nc2c(c(N(C)C)n1)CN(C(=O)c1ccccc1C)CC2. The fraction of sp³-hybridized carbons (Fsp3) is 0.389. The lowest BCUT2D eigenvalue weighted by atomic mass is 10.0. The minimum absolute atomic E-state index is 0.0824. The summed E-state index contributed by atoms with van der Waals surface area (Å²) >= 11 is 0. The number of carbonyl (C=O) groups excluding carboxylic acids is 1. The second-order valence-corrected chi connectivity index (χ2v) is 6.21. The maximum atomic E-state index is 12.8. The van der Waals surface area contributed by atoms with Crippen molar-refractivity contribution >= 4 is 11.7 Å². The first-order chi connectivity index (χ1) is 11.0. The molecule has 1 aliphatic rings. The fourth-order valence-corrected chi connectivity index (χ4v) is 3.04. The molecule has 3 rings (SSSR count). The van der Waals surface area contributed by atoms with Crippen LogP contribution in [0.1, 0.15) is 33.0 Å². The Balaban J connectivity index is 1.94. The molecule has 2 aromatic rings. The lowest BCUT2D eigenvalue weighted by Gasteiger charge is -2.31. The highest BCUT2D eigenvalue weighted by molar-refractivity contribution is 5.95. The number of nitrogens with zero attached hydrogens (tertiary/aromatic N) is 4. The molecule has 0 saturated heterocycles. The molecule has 0 bridgehead atoms. The van der Waals surface area contributed by atoms with Gasteiger partial charge in [0.05, 0.1) is 12.2 Å². The van der Waals surface area contributed by atoms with Gasteiger partial charge in [0.15, 0.2) is 0 Å². The molecule has 0 aliphatic carbocycles. The lowest BCUT2D eigenvalue weighted by Crippen LogP contribution is -2.38. The van der Waals surface area contributed by atoms with Crippen LogP contribution in [0.25, 0.3) is 0 Å². The van der Waals surface area contributed by atoms with Gasteiger partial charge in [-0.05, 0) is 25.5 Å². The number of fused-ring (bicyclic) bond motifs is 1. The third kappa shape index (κ3) is 2.91. The Hall–Kier alpha value is -2.43. The summed E-state index contributed by atoms with van der Waals surface area (Å²) < 4.78 is 0. The van der Waals surface area contributed by atoms with E-state index < -0.39 is 0 Å². The molecule has 1 amide bonds. The molecule has 0 spiro atoms. The number of hydrogen-bond donors (Lipinski definition) is 0. The van der Waals surface area contributed by atoms with E-state index in [4.69, 9.17) is 0 Å². The van der Waals surface area contributed by atoms with Gasteiger partial charge < -0.3 is 9.80 Å². The van der Waals surface area contributed by atoms with E-state index in [-0.39, 0.29) is 5.91 Å². The molecule has 0 radical (unpaired) electrons. The highest BCUT2D eigenvalue weighted by Crippen LogP contribution is 2.26. The van der Waals surface area contributed by atoms with E-state index in [1.165, 1.54) is 0 Å². The van der Waals surface area contributed by atoms with Crippen LogP contribution in [-0.4, -0.2) is 41.4 Å². The summed E-state index contributed by atoms with van der Waals surface area (Å²) in [5.74, 6) is 1.78. The first kappa shape index (κ1) is 15.5. The van der Waals surface area contributed by atoms with Crippen LogP contribution in [0, 0.1) is 13.8 Å². The molecule has 2 heterocycles. The smallest absolute Gasteiger partial charge is 0.254 e. The van der Waals surface area contributed by atoms with Crippen molar-refractivity contribution in [2.75, 3.05) is 25.5 Å². The summed E-state index contributed by atoms with van der Waals surface area (Å²) in [6, 6.07) is 7.74. The van der Waals surface area contributed by atoms with E-state index in [2.05, 4.69) is 9.97 Å². The minimum Gasteiger partial charge on any atom is -0.362 e. The van der Waals surface area contributed by atoms with E-state index in [1.807, 2.05) is 62.0 Å². The zero-order valence-electron chi connectivity index (χ0n) is 14.1. The number of aromatic nitrogens is 2. The summed E-state index contributed by atoms with van der Waals surface area (Å²) in [4.78, 5) is 25.9. The Labute approximate surface area is 137 Å². The summed E-state index contributed by atoms with van der Waals surface area (Å²) in [5.41, 5.74) is 3.91.